The van der Waals surface area contributed by atoms with Crippen molar-refractivity contribution < 1.29 is 19.1 Å². The molecular formula is C14H10N2O4. The Morgan fingerprint density at radius 2 is 2.20 bits per heavy atom. The summed E-state index contributed by atoms with van der Waals surface area (Å²) < 4.78 is 10.8. The standard InChI is InChI=1S/C14H10N2O4/c1-19-12-7-15-5-4-9(12)13-16-10-6-8(14(17)18)2-3-11(10)20-13/h2-7H,1H3,(H,17,18). The van der Waals surface area contributed by atoms with Crippen LogP contribution in [0.3, 0.4) is 0 Å². The van der Waals surface area contributed by atoms with Crippen molar-refractivity contribution in [3.05, 3.63) is 42.2 Å². The molecule has 2 aromatic heterocycles. The Hall–Kier alpha value is -2.89. The minimum atomic E-state index is -1.00. The first-order valence-electron chi connectivity index (χ1n) is 5.81. The van der Waals surface area contributed by atoms with Crippen LogP contribution in [-0.4, -0.2) is 28.2 Å². The van der Waals surface area contributed by atoms with Crippen LogP contribution in [0.25, 0.3) is 22.6 Å². The van der Waals surface area contributed by atoms with Crippen LogP contribution in [0.1, 0.15) is 10.4 Å². The number of benzene rings is 1. The second-order valence-corrected chi connectivity index (χ2v) is 4.08. The van der Waals surface area contributed by atoms with Crippen molar-refractivity contribution in [1.82, 2.24) is 9.97 Å². The average Bonchev–Trinajstić information content (AvgIpc) is 2.89. The van der Waals surface area contributed by atoms with Crippen LogP contribution < -0.4 is 4.74 Å². The van der Waals surface area contributed by atoms with Crippen LogP contribution >= 0.6 is 0 Å². The molecule has 0 unspecified atom stereocenters. The predicted octanol–water partition coefficient (Wildman–Crippen LogP) is 2.60. The molecule has 0 saturated carbocycles. The van der Waals surface area contributed by atoms with E-state index in [-0.39, 0.29) is 5.56 Å². The quantitative estimate of drug-likeness (QED) is 0.787. The molecule has 0 aliphatic rings. The van der Waals surface area contributed by atoms with Crippen molar-refractivity contribution in [1.29, 1.82) is 0 Å². The molecule has 3 aromatic rings. The van der Waals surface area contributed by atoms with Gasteiger partial charge in [0.25, 0.3) is 0 Å². The topological polar surface area (TPSA) is 85.5 Å². The molecule has 1 N–H and O–H groups in total. The number of oxazole rings is 1. The lowest BCUT2D eigenvalue weighted by Crippen LogP contribution is -1.94. The van der Waals surface area contributed by atoms with Crippen molar-refractivity contribution in [2.45, 2.75) is 0 Å². The molecule has 3 rings (SSSR count). The Kier molecular flexibility index (Phi) is 2.83. The van der Waals surface area contributed by atoms with Crippen molar-refractivity contribution in [2.75, 3.05) is 7.11 Å². The van der Waals surface area contributed by atoms with Crippen LogP contribution in [0.15, 0.2) is 41.1 Å². The van der Waals surface area contributed by atoms with E-state index in [2.05, 4.69) is 9.97 Å². The average molecular weight is 270 g/mol. The summed E-state index contributed by atoms with van der Waals surface area (Å²) in [5, 5.41) is 8.96. The predicted molar refractivity (Wildman–Crippen MR) is 70.8 cm³/mol. The SMILES string of the molecule is COc1cnccc1-c1nc2cc(C(=O)O)ccc2o1. The van der Waals surface area contributed by atoms with E-state index in [1.807, 2.05) is 0 Å². The van der Waals surface area contributed by atoms with Gasteiger partial charge in [0.2, 0.25) is 5.89 Å². The number of carboxylic acids is 1. The minimum absolute atomic E-state index is 0.166. The molecule has 20 heavy (non-hydrogen) atoms. The molecule has 0 aliphatic heterocycles. The van der Waals surface area contributed by atoms with E-state index < -0.39 is 5.97 Å². The molecule has 0 aliphatic carbocycles. The van der Waals surface area contributed by atoms with Gasteiger partial charge in [-0.3, -0.25) is 4.98 Å². The molecule has 0 atom stereocenters. The number of hydrogen-bond donors (Lipinski definition) is 1. The number of fused-ring (bicyclic) bond motifs is 1. The molecule has 1 aromatic carbocycles. The van der Waals surface area contributed by atoms with Gasteiger partial charge in [0.05, 0.1) is 24.4 Å². The fraction of sp³-hybridized carbons (Fsp3) is 0.0714. The highest BCUT2D eigenvalue weighted by atomic mass is 16.5. The van der Waals surface area contributed by atoms with Crippen LogP contribution in [-0.2, 0) is 0 Å². The summed E-state index contributed by atoms with van der Waals surface area (Å²) in [5.74, 6) is -0.0998. The monoisotopic (exact) mass is 270 g/mol. The summed E-state index contributed by atoms with van der Waals surface area (Å²) in [6.07, 6.45) is 3.17. The summed E-state index contributed by atoms with van der Waals surface area (Å²) in [7, 11) is 1.53. The molecule has 0 spiro atoms. The van der Waals surface area contributed by atoms with Gasteiger partial charge in [-0.05, 0) is 24.3 Å². The summed E-state index contributed by atoms with van der Waals surface area (Å²) in [4.78, 5) is 19.2. The Morgan fingerprint density at radius 1 is 1.35 bits per heavy atom. The normalized spacial score (nSPS) is 10.7. The first-order valence-corrected chi connectivity index (χ1v) is 5.81. The third kappa shape index (κ3) is 1.97. The van der Waals surface area contributed by atoms with Gasteiger partial charge < -0.3 is 14.3 Å². The Morgan fingerprint density at radius 3 is 2.95 bits per heavy atom. The van der Waals surface area contributed by atoms with Crippen molar-refractivity contribution >= 4 is 17.1 Å². The van der Waals surface area contributed by atoms with E-state index >= 15 is 0 Å². The van der Waals surface area contributed by atoms with Gasteiger partial charge in [0, 0.05) is 6.20 Å². The molecule has 6 heteroatoms. The van der Waals surface area contributed by atoms with Crippen LogP contribution in [0.5, 0.6) is 5.75 Å². The van der Waals surface area contributed by atoms with Gasteiger partial charge in [-0.2, -0.15) is 0 Å². The minimum Gasteiger partial charge on any atom is -0.494 e. The van der Waals surface area contributed by atoms with E-state index in [4.69, 9.17) is 14.3 Å². The zero-order valence-electron chi connectivity index (χ0n) is 10.5. The third-order valence-electron chi connectivity index (χ3n) is 2.87. The van der Waals surface area contributed by atoms with Gasteiger partial charge in [0.15, 0.2) is 5.58 Å². The molecule has 0 fully saturated rings. The van der Waals surface area contributed by atoms with E-state index in [1.165, 1.54) is 19.2 Å². The van der Waals surface area contributed by atoms with Gasteiger partial charge in [-0.1, -0.05) is 0 Å². The number of aromatic carboxylic acids is 1. The van der Waals surface area contributed by atoms with E-state index in [1.54, 1.807) is 24.5 Å². The molecule has 6 nitrogen and oxygen atoms in total. The number of rotatable bonds is 3. The number of pyridine rings is 1. The lowest BCUT2D eigenvalue weighted by atomic mass is 10.2. The van der Waals surface area contributed by atoms with E-state index in [0.717, 1.165) is 0 Å². The molecule has 0 amide bonds. The number of ether oxygens (including phenoxy) is 1. The second-order valence-electron chi connectivity index (χ2n) is 4.08. The summed E-state index contributed by atoms with van der Waals surface area (Å²) in [6.45, 7) is 0. The zero-order chi connectivity index (χ0) is 14.1. The van der Waals surface area contributed by atoms with Crippen molar-refractivity contribution in [3.63, 3.8) is 0 Å². The van der Waals surface area contributed by atoms with Crippen molar-refractivity contribution in [3.8, 4) is 17.2 Å². The Balaban J connectivity index is 2.15. The van der Waals surface area contributed by atoms with E-state index in [9.17, 15) is 4.79 Å². The van der Waals surface area contributed by atoms with Gasteiger partial charge in [0.1, 0.15) is 11.3 Å². The number of aromatic nitrogens is 2. The number of carbonyl (C=O) groups is 1. The van der Waals surface area contributed by atoms with E-state index in [0.29, 0.717) is 28.3 Å². The summed E-state index contributed by atoms with van der Waals surface area (Å²) in [6, 6.07) is 6.26. The van der Waals surface area contributed by atoms with Crippen LogP contribution in [0, 0.1) is 0 Å². The second kappa shape index (κ2) is 4.65. The lowest BCUT2D eigenvalue weighted by Gasteiger charge is -2.02. The molecule has 0 saturated heterocycles. The Labute approximate surface area is 113 Å². The number of carboxylic acid groups (broad SMARTS) is 1. The molecule has 2 heterocycles. The number of nitrogens with zero attached hydrogens (tertiary/aromatic N) is 2. The van der Waals surface area contributed by atoms with Crippen molar-refractivity contribution in [2.24, 2.45) is 0 Å². The smallest absolute Gasteiger partial charge is 0.335 e. The Bertz CT molecular complexity index is 795. The maximum absolute atomic E-state index is 10.9. The first-order chi connectivity index (χ1) is 9.69. The molecule has 0 bridgehead atoms. The number of methoxy groups -OCH3 is 1. The highest BCUT2D eigenvalue weighted by molar-refractivity contribution is 5.92. The first kappa shape index (κ1) is 12.2. The highest BCUT2D eigenvalue weighted by Crippen LogP contribution is 2.30. The maximum atomic E-state index is 10.9. The molecular weight excluding hydrogens is 260 g/mol. The fourth-order valence-electron chi connectivity index (χ4n) is 1.89. The van der Waals surface area contributed by atoms with Gasteiger partial charge in [-0.15, -0.1) is 0 Å². The summed E-state index contributed by atoms with van der Waals surface area (Å²) >= 11 is 0. The molecule has 100 valence electrons. The highest BCUT2D eigenvalue weighted by Gasteiger charge is 2.14. The van der Waals surface area contributed by atoms with Crippen LogP contribution in [0.2, 0.25) is 0 Å². The zero-order valence-corrected chi connectivity index (χ0v) is 10.5. The lowest BCUT2D eigenvalue weighted by molar-refractivity contribution is 0.0697. The third-order valence-corrected chi connectivity index (χ3v) is 2.87. The number of hydrogen-bond acceptors (Lipinski definition) is 5. The summed E-state index contributed by atoms with van der Waals surface area (Å²) in [5.41, 5.74) is 1.83. The maximum Gasteiger partial charge on any atom is 0.335 e. The van der Waals surface area contributed by atoms with Crippen LogP contribution in [0.4, 0.5) is 0 Å². The van der Waals surface area contributed by atoms with Gasteiger partial charge >= 0.3 is 5.97 Å². The molecule has 0 radical (unpaired) electrons. The fourth-order valence-corrected chi connectivity index (χ4v) is 1.89. The van der Waals surface area contributed by atoms with Gasteiger partial charge in [-0.25, -0.2) is 9.78 Å². The largest absolute Gasteiger partial charge is 0.494 e.